The monoisotopic (exact) mass is 400 g/mol. The Kier molecular flexibility index (Phi) is 5.94. The van der Waals surface area contributed by atoms with Crippen LogP contribution in [0.2, 0.25) is 5.02 Å². The number of carbonyl (C=O) groups excluding carboxylic acids is 2. The number of thiophene rings is 1. The Morgan fingerprint density at radius 2 is 2.07 bits per heavy atom. The maximum Gasteiger partial charge on any atom is 0.341 e. The van der Waals surface area contributed by atoms with Crippen molar-refractivity contribution in [3.8, 4) is 6.07 Å². The minimum Gasteiger partial charge on any atom is -0.462 e. The second-order valence-corrected chi connectivity index (χ2v) is 7.50. The molecule has 27 heavy (non-hydrogen) atoms. The minimum absolute atomic E-state index is 0.0549. The highest BCUT2D eigenvalue weighted by Gasteiger charge is 2.28. The predicted molar refractivity (Wildman–Crippen MR) is 106 cm³/mol. The molecular formula is C20H17ClN2O3S. The number of ether oxygens (including phenoxy) is 1. The highest BCUT2D eigenvalue weighted by molar-refractivity contribution is 7.17. The smallest absolute Gasteiger partial charge is 0.341 e. The molecule has 0 saturated heterocycles. The van der Waals surface area contributed by atoms with Crippen LogP contribution in [0.1, 0.15) is 39.7 Å². The average molecular weight is 401 g/mol. The van der Waals surface area contributed by atoms with E-state index < -0.39 is 11.9 Å². The first kappa shape index (κ1) is 19.2. The van der Waals surface area contributed by atoms with Gasteiger partial charge in [-0.25, -0.2) is 4.79 Å². The van der Waals surface area contributed by atoms with Crippen LogP contribution in [-0.4, -0.2) is 18.5 Å². The molecule has 138 valence electrons. The number of fused-ring (bicyclic) bond motifs is 1. The maximum atomic E-state index is 12.6. The van der Waals surface area contributed by atoms with E-state index in [1.54, 1.807) is 31.2 Å². The lowest BCUT2D eigenvalue weighted by atomic mass is 10.1. The molecule has 1 heterocycles. The molecule has 0 unspecified atom stereocenters. The van der Waals surface area contributed by atoms with E-state index in [1.165, 1.54) is 17.4 Å². The summed E-state index contributed by atoms with van der Waals surface area (Å²) in [6.45, 7) is 2.00. The molecule has 0 atom stereocenters. The van der Waals surface area contributed by atoms with E-state index in [0.29, 0.717) is 21.2 Å². The molecule has 0 saturated carbocycles. The summed E-state index contributed by atoms with van der Waals surface area (Å²) in [6, 6.07) is 8.72. The molecule has 2 aromatic rings. The predicted octanol–water partition coefficient (Wildman–Crippen LogP) is 4.61. The maximum absolute atomic E-state index is 12.6. The fourth-order valence-corrected chi connectivity index (χ4v) is 4.35. The van der Waals surface area contributed by atoms with Gasteiger partial charge in [0.25, 0.3) is 5.91 Å². The largest absolute Gasteiger partial charge is 0.462 e. The van der Waals surface area contributed by atoms with Gasteiger partial charge in [0.2, 0.25) is 0 Å². The van der Waals surface area contributed by atoms with Crippen molar-refractivity contribution in [1.29, 1.82) is 5.26 Å². The van der Waals surface area contributed by atoms with Crippen molar-refractivity contribution >= 4 is 45.9 Å². The summed E-state index contributed by atoms with van der Waals surface area (Å²) < 4.78 is 5.15. The number of carbonyl (C=O) groups is 2. The van der Waals surface area contributed by atoms with Crippen molar-refractivity contribution in [2.75, 3.05) is 11.9 Å². The highest BCUT2D eigenvalue weighted by atomic mass is 35.5. The van der Waals surface area contributed by atoms with Crippen LogP contribution in [0, 0.1) is 11.3 Å². The van der Waals surface area contributed by atoms with Crippen LogP contribution < -0.4 is 5.32 Å². The van der Waals surface area contributed by atoms with Crippen LogP contribution >= 0.6 is 22.9 Å². The van der Waals surface area contributed by atoms with E-state index in [1.807, 2.05) is 6.07 Å². The topological polar surface area (TPSA) is 79.2 Å². The molecule has 1 aromatic heterocycles. The molecule has 1 N–H and O–H groups in total. The van der Waals surface area contributed by atoms with Crippen LogP contribution in [0.3, 0.4) is 0 Å². The zero-order valence-electron chi connectivity index (χ0n) is 14.7. The molecule has 1 aliphatic carbocycles. The first-order valence-corrected chi connectivity index (χ1v) is 9.73. The van der Waals surface area contributed by atoms with Gasteiger partial charge in [0.1, 0.15) is 16.6 Å². The number of anilines is 1. The van der Waals surface area contributed by atoms with Gasteiger partial charge >= 0.3 is 5.97 Å². The third-order valence-electron chi connectivity index (χ3n) is 4.17. The lowest BCUT2D eigenvalue weighted by molar-refractivity contribution is -0.112. The zero-order chi connectivity index (χ0) is 19.4. The summed E-state index contributed by atoms with van der Waals surface area (Å²) in [5, 5.41) is 13.1. The minimum atomic E-state index is -0.557. The van der Waals surface area contributed by atoms with Gasteiger partial charge in [-0.1, -0.05) is 23.7 Å². The second-order valence-electron chi connectivity index (χ2n) is 5.96. The molecular weight excluding hydrogens is 384 g/mol. The van der Waals surface area contributed by atoms with E-state index in [2.05, 4.69) is 5.32 Å². The average Bonchev–Trinajstić information content (AvgIpc) is 3.21. The SMILES string of the molecule is CCOC(=O)c1c(NC(=O)/C(C#N)=C/c2ccc(Cl)cc2)sc2c1CCC2. The Bertz CT molecular complexity index is 955. The van der Waals surface area contributed by atoms with Gasteiger partial charge in [0.15, 0.2) is 0 Å². The van der Waals surface area contributed by atoms with E-state index in [9.17, 15) is 14.9 Å². The number of amides is 1. The van der Waals surface area contributed by atoms with Crippen molar-refractivity contribution in [3.05, 3.63) is 56.4 Å². The quantitative estimate of drug-likeness (QED) is 0.451. The fraction of sp³-hybridized carbons (Fsp3) is 0.250. The van der Waals surface area contributed by atoms with Crippen molar-refractivity contribution in [3.63, 3.8) is 0 Å². The number of hydrogen-bond acceptors (Lipinski definition) is 5. The highest BCUT2D eigenvalue weighted by Crippen LogP contribution is 2.39. The van der Waals surface area contributed by atoms with E-state index in [4.69, 9.17) is 16.3 Å². The molecule has 0 radical (unpaired) electrons. The van der Waals surface area contributed by atoms with Gasteiger partial charge in [-0.2, -0.15) is 5.26 Å². The standard InChI is InChI=1S/C20H17ClN2O3S/c1-2-26-20(25)17-15-4-3-5-16(15)27-19(17)23-18(24)13(11-22)10-12-6-8-14(21)9-7-12/h6-10H,2-5H2,1H3,(H,23,24)/b13-10+. The van der Waals surface area contributed by atoms with Crippen molar-refractivity contribution in [1.82, 2.24) is 0 Å². The molecule has 0 spiro atoms. The number of esters is 1. The number of benzene rings is 1. The van der Waals surface area contributed by atoms with Crippen molar-refractivity contribution in [2.45, 2.75) is 26.2 Å². The number of hydrogen-bond donors (Lipinski definition) is 1. The van der Waals surface area contributed by atoms with E-state index >= 15 is 0 Å². The second kappa shape index (κ2) is 8.38. The summed E-state index contributed by atoms with van der Waals surface area (Å²) in [7, 11) is 0. The number of halogens is 1. The Hall–Kier alpha value is -2.62. The van der Waals surface area contributed by atoms with Gasteiger partial charge in [0.05, 0.1) is 12.2 Å². The van der Waals surface area contributed by atoms with Crippen molar-refractivity contribution < 1.29 is 14.3 Å². The summed E-state index contributed by atoms with van der Waals surface area (Å²) in [5.74, 6) is -0.995. The molecule has 7 heteroatoms. The third-order valence-corrected chi connectivity index (χ3v) is 5.63. The Morgan fingerprint density at radius 3 is 2.74 bits per heavy atom. The van der Waals surface area contributed by atoms with Crippen LogP contribution in [0.5, 0.6) is 0 Å². The van der Waals surface area contributed by atoms with Gasteiger partial charge in [0, 0.05) is 9.90 Å². The molecule has 3 rings (SSSR count). The molecule has 0 fully saturated rings. The van der Waals surface area contributed by atoms with Crippen LogP contribution in [0.4, 0.5) is 5.00 Å². The van der Waals surface area contributed by atoms with Crippen LogP contribution in [-0.2, 0) is 22.4 Å². The van der Waals surface area contributed by atoms with Gasteiger partial charge in [-0.05, 0) is 55.5 Å². The third kappa shape index (κ3) is 4.21. The lowest BCUT2D eigenvalue weighted by Gasteiger charge is -2.07. The van der Waals surface area contributed by atoms with E-state index in [-0.39, 0.29) is 12.2 Å². The number of rotatable bonds is 5. The Labute approximate surface area is 166 Å². The van der Waals surface area contributed by atoms with Crippen molar-refractivity contribution in [2.24, 2.45) is 0 Å². The van der Waals surface area contributed by atoms with Crippen LogP contribution in [0.15, 0.2) is 29.8 Å². The van der Waals surface area contributed by atoms with E-state index in [0.717, 1.165) is 29.7 Å². The molecule has 0 aliphatic heterocycles. The summed E-state index contributed by atoms with van der Waals surface area (Å²) >= 11 is 7.23. The van der Waals surface area contributed by atoms with Gasteiger partial charge < -0.3 is 10.1 Å². The molecule has 0 bridgehead atoms. The molecule has 1 aliphatic rings. The molecule has 1 amide bonds. The molecule has 1 aromatic carbocycles. The van der Waals surface area contributed by atoms with Gasteiger partial charge in [-0.3, -0.25) is 4.79 Å². The lowest BCUT2D eigenvalue weighted by Crippen LogP contribution is -2.16. The molecule has 5 nitrogen and oxygen atoms in total. The number of nitrogens with zero attached hydrogens (tertiary/aromatic N) is 1. The number of nitrogens with one attached hydrogen (secondary N) is 1. The number of nitriles is 1. The first-order valence-electron chi connectivity index (χ1n) is 8.53. The Morgan fingerprint density at radius 1 is 1.33 bits per heavy atom. The van der Waals surface area contributed by atoms with Gasteiger partial charge in [-0.15, -0.1) is 11.3 Å². The number of aryl methyl sites for hydroxylation is 1. The summed E-state index contributed by atoms with van der Waals surface area (Å²) in [6.07, 6.45) is 4.15. The normalized spacial score (nSPS) is 13.0. The van der Waals surface area contributed by atoms with Crippen LogP contribution in [0.25, 0.3) is 6.08 Å². The summed E-state index contributed by atoms with van der Waals surface area (Å²) in [5.41, 5.74) is 2.01. The summed E-state index contributed by atoms with van der Waals surface area (Å²) in [4.78, 5) is 26.1. The Balaban J connectivity index is 1.88. The zero-order valence-corrected chi connectivity index (χ0v) is 16.2. The fourth-order valence-electron chi connectivity index (χ4n) is 2.96. The first-order chi connectivity index (χ1) is 13.0.